The number of primary amides is 1. The number of hydrogen-bond donors (Lipinski definition) is 7. The first-order valence-electron chi connectivity index (χ1n) is 11.3. The Morgan fingerprint density at radius 3 is 1.97 bits per heavy atom. The van der Waals surface area contributed by atoms with Crippen LogP contribution in [0.25, 0.3) is 0 Å². The minimum atomic E-state index is -1.33. The molecule has 0 spiro atoms. The Bertz CT molecular complexity index is 695. The van der Waals surface area contributed by atoms with E-state index in [1.165, 1.54) is 11.8 Å². The van der Waals surface area contributed by atoms with Gasteiger partial charge >= 0.3 is 5.97 Å². The molecule has 0 aromatic carbocycles. The van der Waals surface area contributed by atoms with Gasteiger partial charge in [0.25, 0.3) is 0 Å². The Labute approximate surface area is 204 Å². The monoisotopic (exact) mass is 504 g/mol. The van der Waals surface area contributed by atoms with Crippen molar-refractivity contribution in [1.29, 1.82) is 0 Å². The summed E-state index contributed by atoms with van der Waals surface area (Å²) in [6.07, 6.45) is 3.48. The van der Waals surface area contributed by atoms with E-state index in [1.54, 1.807) is 6.92 Å². The van der Waals surface area contributed by atoms with Crippen molar-refractivity contribution in [2.45, 2.75) is 76.5 Å². The third kappa shape index (κ3) is 12.2. The number of amides is 4. The van der Waals surface area contributed by atoms with Crippen LogP contribution >= 0.6 is 11.8 Å². The van der Waals surface area contributed by atoms with Crippen molar-refractivity contribution in [3.05, 3.63) is 0 Å². The van der Waals surface area contributed by atoms with Gasteiger partial charge in [-0.1, -0.05) is 20.3 Å². The Morgan fingerprint density at radius 2 is 1.47 bits per heavy atom. The number of nitrogens with one attached hydrogen (secondary N) is 3. The Kier molecular flexibility index (Phi) is 15.9. The van der Waals surface area contributed by atoms with Gasteiger partial charge in [0.05, 0.1) is 12.5 Å². The maximum atomic E-state index is 12.9. The molecule has 5 unspecified atom stereocenters. The van der Waals surface area contributed by atoms with Crippen molar-refractivity contribution in [2.75, 3.05) is 18.6 Å². The minimum Gasteiger partial charge on any atom is -0.480 e. The highest BCUT2D eigenvalue weighted by atomic mass is 32.2. The van der Waals surface area contributed by atoms with Crippen LogP contribution in [0.15, 0.2) is 0 Å². The first-order chi connectivity index (χ1) is 16.0. The van der Waals surface area contributed by atoms with Gasteiger partial charge in [-0.15, -0.1) is 0 Å². The highest BCUT2D eigenvalue weighted by Crippen LogP contribution is 2.08. The van der Waals surface area contributed by atoms with Crippen LogP contribution in [0.1, 0.15) is 52.4 Å². The van der Waals surface area contributed by atoms with Gasteiger partial charge in [0.1, 0.15) is 18.1 Å². The molecule has 13 heteroatoms. The fourth-order valence-electron chi connectivity index (χ4n) is 2.99. The lowest BCUT2D eigenvalue weighted by atomic mass is 9.99. The summed E-state index contributed by atoms with van der Waals surface area (Å²) in [7, 11) is 0. The standard InChI is InChI=1S/C21H40N6O6S/c1-4-12(2)17(24)20(31)27-15(11-16(23)28)19(30)25-13(8-10-34-3)18(29)26-14(21(32)33)7-5-6-9-22/h12-15,17H,4-11,22,24H2,1-3H3,(H2,23,28)(H,25,30)(H,26,29)(H,27,31)(H,32,33). The summed E-state index contributed by atoms with van der Waals surface area (Å²) in [5.74, 6) is -3.78. The number of rotatable bonds is 18. The smallest absolute Gasteiger partial charge is 0.326 e. The van der Waals surface area contributed by atoms with Crippen LogP contribution in [-0.4, -0.2) is 77.4 Å². The Morgan fingerprint density at radius 1 is 0.912 bits per heavy atom. The Hall–Kier alpha value is -2.38. The molecule has 0 aliphatic carbocycles. The number of thioether (sulfide) groups is 1. The molecular weight excluding hydrogens is 464 g/mol. The highest BCUT2D eigenvalue weighted by molar-refractivity contribution is 7.98. The summed E-state index contributed by atoms with van der Waals surface area (Å²) >= 11 is 1.43. The van der Waals surface area contributed by atoms with E-state index >= 15 is 0 Å². The van der Waals surface area contributed by atoms with Gasteiger partial charge in [-0.3, -0.25) is 19.2 Å². The van der Waals surface area contributed by atoms with E-state index in [9.17, 15) is 29.1 Å². The molecule has 12 nitrogen and oxygen atoms in total. The van der Waals surface area contributed by atoms with E-state index in [-0.39, 0.29) is 18.8 Å². The molecule has 0 aromatic heterocycles. The number of carbonyl (C=O) groups is 5. The predicted molar refractivity (Wildman–Crippen MR) is 131 cm³/mol. The van der Waals surface area contributed by atoms with Crippen molar-refractivity contribution in [3.8, 4) is 0 Å². The van der Waals surface area contributed by atoms with Crippen LogP contribution in [-0.2, 0) is 24.0 Å². The summed E-state index contributed by atoms with van der Waals surface area (Å²) in [4.78, 5) is 61.2. The van der Waals surface area contributed by atoms with Gasteiger partial charge in [0.2, 0.25) is 23.6 Å². The summed E-state index contributed by atoms with van der Waals surface area (Å²) < 4.78 is 0. The molecule has 0 aliphatic rings. The van der Waals surface area contributed by atoms with E-state index < -0.39 is 60.2 Å². The van der Waals surface area contributed by atoms with Gasteiger partial charge in [-0.2, -0.15) is 11.8 Å². The molecule has 0 fully saturated rings. The van der Waals surface area contributed by atoms with E-state index in [0.29, 0.717) is 31.6 Å². The maximum absolute atomic E-state index is 12.9. The number of aliphatic carboxylic acids is 1. The fourth-order valence-corrected chi connectivity index (χ4v) is 3.46. The minimum absolute atomic E-state index is 0.162. The molecule has 4 amide bonds. The van der Waals surface area contributed by atoms with Crippen molar-refractivity contribution >= 4 is 41.4 Å². The second kappa shape index (κ2) is 17.1. The van der Waals surface area contributed by atoms with Crippen molar-refractivity contribution in [2.24, 2.45) is 23.1 Å². The number of unbranched alkanes of at least 4 members (excludes halogenated alkanes) is 1. The highest BCUT2D eigenvalue weighted by Gasteiger charge is 2.31. The molecule has 0 bridgehead atoms. The molecule has 10 N–H and O–H groups in total. The molecule has 0 rings (SSSR count). The van der Waals surface area contributed by atoms with Crippen LogP contribution in [0.3, 0.4) is 0 Å². The molecule has 0 heterocycles. The molecule has 0 saturated heterocycles. The lowest BCUT2D eigenvalue weighted by molar-refractivity contribution is -0.142. The zero-order valence-corrected chi connectivity index (χ0v) is 21.0. The maximum Gasteiger partial charge on any atom is 0.326 e. The average molecular weight is 505 g/mol. The molecule has 196 valence electrons. The van der Waals surface area contributed by atoms with Gasteiger partial charge < -0.3 is 38.3 Å². The van der Waals surface area contributed by atoms with Gasteiger partial charge in [-0.25, -0.2) is 4.79 Å². The fraction of sp³-hybridized carbons (Fsp3) is 0.762. The number of carboxylic acid groups (broad SMARTS) is 1. The predicted octanol–water partition coefficient (Wildman–Crippen LogP) is -1.34. The van der Waals surface area contributed by atoms with Crippen LogP contribution in [0.2, 0.25) is 0 Å². The van der Waals surface area contributed by atoms with E-state index in [1.807, 2.05) is 13.2 Å². The molecule has 0 radical (unpaired) electrons. The average Bonchev–Trinajstić information content (AvgIpc) is 2.78. The third-order valence-corrected chi connectivity index (χ3v) is 6.05. The lowest BCUT2D eigenvalue weighted by Gasteiger charge is -2.25. The second-order valence-corrected chi connectivity index (χ2v) is 9.16. The summed E-state index contributed by atoms with van der Waals surface area (Å²) in [6.45, 7) is 4.05. The molecule has 0 aliphatic heterocycles. The first-order valence-corrected chi connectivity index (χ1v) is 12.7. The lowest BCUT2D eigenvalue weighted by Crippen LogP contribution is -2.58. The van der Waals surface area contributed by atoms with Crippen molar-refractivity contribution in [1.82, 2.24) is 16.0 Å². The molecule has 0 saturated carbocycles. The van der Waals surface area contributed by atoms with Crippen LogP contribution in [0.5, 0.6) is 0 Å². The largest absolute Gasteiger partial charge is 0.480 e. The Balaban J connectivity index is 5.46. The third-order valence-electron chi connectivity index (χ3n) is 5.40. The number of hydrogen-bond acceptors (Lipinski definition) is 8. The van der Waals surface area contributed by atoms with Crippen molar-refractivity contribution < 1.29 is 29.1 Å². The number of carbonyl (C=O) groups excluding carboxylic acids is 4. The molecule has 34 heavy (non-hydrogen) atoms. The van der Waals surface area contributed by atoms with Crippen LogP contribution in [0.4, 0.5) is 0 Å². The first kappa shape index (κ1) is 31.6. The van der Waals surface area contributed by atoms with E-state index in [2.05, 4.69) is 16.0 Å². The van der Waals surface area contributed by atoms with Crippen LogP contribution in [0, 0.1) is 5.92 Å². The van der Waals surface area contributed by atoms with E-state index in [4.69, 9.17) is 17.2 Å². The van der Waals surface area contributed by atoms with E-state index in [0.717, 1.165) is 0 Å². The number of nitrogens with two attached hydrogens (primary N) is 3. The van der Waals surface area contributed by atoms with Crippen LogP contribution < -0.4 is 33.2 Å². The summed E-state index contributed by atoms with van der Waals surface area (Å²) in [5, 5.41) is 16.8. The molecule has 0 aromatic rings. The topological polar surface area (TPSA) is 220 Å². The normalized spacial score (nSPS) is 15.3. The second-order valence-electron chi connectivity index (χ2n) is 8.17. The zero-order chi connectivity index (χ0) is 26.3. The molecule has 5 atom stereocenters. The summed E-state index contributed by atoms with van der Waals surface area (Å²) in [5.41, 5.74) is 16.6. The van der Waals surface area contributed by atoms with Gasteiger partial charge in [0, 0.05) is 0 Å². The van der Waals surface area contributed by atoms with Gasteiger partial charge in [-0.05, 0) is 50.2 Å². The number of carboxylic acids is 1. The summed E-state index contributed by atoms with van der Waals surface area (Å²) in [6, 6.07) is -4.44. The quantitative estimate of drug-likeness (QED) is 0.110. The molecular formula is C21H40N6O6S. The van der Waals surface area contributed by atoms with Crippen molar-refractivity contribution in [3.63, 3.8) is 0 Å². The van der Waals surface area contributed by atoms with Gasteiger partial charge in [0.15, 0.2) is 0 Å². The zero-order valence-electron chi connectivity index (χ0n) is 20.2. The SMILES string of the molecule is CCC(C)C(N)C(=O)NC(CC(N)=O)C(=O)NC(CCSC)C(=O)NC(CCCCN)C(=O)O.